The summed E-state index contributed by atoms with van der Waals surface area (Å²) in [5.74, 6) is 0.177. The fourth-order valence-electron chi connectivity index (χ4n) is 4.27. The van der Waals surface area contributed by atoms with Crippen molar-refractivity contribution in [3.8, 4) is 0 Å². The molecule has 0 saturated carbocycles. The molecule has 0 spiro atoms. The molecule has 0 aliphatic heterocycles. The van der Waals surface area contributed by atoms with E-state index in [4.69, 9.17) is 31.5 Å². The molecule has 0 fully saturated rings. The molecule has 0 aromatic rings. The third-order valence-corrected chi connectivity index (χ3v) is 9.32. The van der Waals surface area contributed by atoms with Crippen molar-refractivity contribution in [1.29, 1.82) is 0 Å². The van der Waals surface area contributed by atoms with Gasteiger partial charge >= 0.3 is 17.9 Å². The maximum Gasteiger partial charge on any atom is 0.361 e. The number of unbranched alkanes of at least 4 members (excludes halogenated alkanes) is 4. The predicted octanol–water partition coefficient (Wildman–Crippen LogP) is 6.36. The number of rotatable bonds is 30. The number of quaternary nitrogens is 1. The van der Waals surface area contributed by atoms with Gasteiger partial charge in [-0.15, -0.1) is 0 Å². The first-order valence-corrected chi connectivity index (χ1v) is 18.1. The van der Waals surface area contributed by atoms with E-state index in [1.54, 1.807) is 6.92 Å². The molecular formula is C33H62NO10S+. The molecule has 1 atom stereocenters. The van der Waals surface area contributed by atoms with Gasteiger partial charge in [0.1, 0.15) is 19.0 Å². The molecule has 45 heavy (non-hydrogen) atoms. The third kappa shape index (κ3) is 22.1. The van der Waals surface area contributed by atoms with Crippen LogP contribution in [0.4, 0.5) is 0 Å². The number of esters is 3. The maximum atomic E-state index is 12.8. The van der Waals surface area contributed by atoms with Crippen molar-refractivity contribution in [2.45, 2.75) is 92.4 Å². The number of carbonyl (C=O) groups excluding carboxylic acids is 3. The normalized spacial score (nSPS) is 13.0. The van der Waals surface area contributed by atoms with Crippen LogP contribution in [0.3, 0.4) is 0 Å². The highest BCUT2D eigenvalue weighted by molar-refractivity contribution is 8.21. The molecule has 1 unspecified atom stereocenters. The maximum absolute atomic E-state index is 12.8. The van der Waals surface area contributed by atoms with Crippen LogP contribution in [0, 0.1) is 0 Å². The van der Waals surface area contributed by atoms with E-state index in [1.807, 2.05) is 34.7 Å². The summed E-state index contributed by atoms with van der Waals surface area (Å²) >= 11 is 0. The molecule has 11 nitrogen and oxygen atoms in total. The molecule has 0 aromatic heterocycles. The lowest BCUT2D eigenvalue weighted by Gasteiger charge is -2.38. The topological polar surface area (TPSA) is 116 Å². The second-order valence-corrected chi connectivity index (χ2v) is 13.3. The molecule has 0 aliphatic rings. The largest absolute Gasteiger partial charge is 0.490 e. The Bertz CT molecular complexity index is 851. The summed E-state index contributed by atoms with van der Waals surface area (Å²) in [6.07, 6.45) is 6.44. The van der Waals surface area contributed by atoms with Gasteiger partial charge in [0.2, 0.25) is 0 Å². The SMILES string of the molecule is C=C(C)C(=C)OCCOC(=O)C[N+](C)(CCCS(OCC)(OCC)OCC)CCC(=O)OCCCCCCOC(=O)CCCC. The van der Waals surface area contributed by atoms with Gasteiger partial charge in [0.05, 0.1) is 76.2 Å². The highest BCUT2D eigenvalue weighted by Crippen LogP contribution is 2.51. The molecule has 0 amide bonds. The van der Waals surface area contributed by atoms with Crippen molar-refractivity contribution in [3.05, 3.63) is 24.5 Å². The van der Waals surface area contributed by atoms with Crippen molar-refractivity contribution in [1.82, 2.24) is 0 Å². The molecule has 0 heterocycles. The quantitative estimate of drug-likeness (QED) is 0.0215. The molecule has 0 aromatic carbocycles. The van der Waals surface area contributed by atoms with E-state index in [0.717, 1.165) is 38.5 Å². The lowest BCUT2D eigenvalue weighted by atomic mass is 10.2. The van der Waals surface area contributed by atoms with Crippen molar-refractivity contribution in [2.24, 2.45) is 0 Å². The minimum absolute atomic E-state index is 0.0813. The molecule has 0 rings (SSSR count). The Kier molecular flexibility index (Phi) is 24.8. The van der Waals surface area contributed by atoms with Crippen molar-refractivity contribution in [3.63, 3.8) is 0 Å². The van der Waals surface area contributed by atoms with Gasteiger partial charge in [-0.05, 0) is 65.4 Å². The zero-order valence-corrected chi connectivity index (χ0v) is 29.8. The number of hydrogen-bond donors (Lipinski definition) is 0. The average Bonchev–Trinajstić information content (AvgIpc) is 2.98. The zero-order chi connectivity index (χ0) is 34.0. The van der Waals surface area contributed by atoms with Gasteiger partial charge in [-0.3, -0.25) is 22.1 Å². The Morgan fingerprint density at radius 2 is 1.13 bits per heavy atom. The number of allylic oxidation sites excluding steroid dienone is 1. The molecule has 0 radical (unpaired) electrons. The number of hydrogen-bond acceptors (Lipinski definition) is 10. The van der Waals surface area contributed by atoms with Crippen molar-refractivity contribution < 1.29 is 50.4 Å². The van der Waals surface area contributed by atoms with E-state index in [0.29, 0.717) is 76.1 Å². The second kappa shape index (κ2) is 26.0. The Balaban J connectivity index is 4.89. The summed E-state index contributed by atoms with van der Waals surface area (Å²) in [6, 6.07) is 0. The van der Waals surface area contributed by atoms with Gasteiger partial charge in [0, 0.05) is 12.8 Å². The number of carbonyl (C=O) groups is 3. The fraction of sp³-hybridized carbons (Fsp3) is 0.788. The number of likely N-dealkylation sites (N-methyl/N-ethyl adjacent to an activating group) is 1. The Morgan fingerprint density at radius 1 is 0.622 bits per heavy atom. The third-order valence-electron chi connectivity index (χ3n) is 6.75. The first kappa shape index (κ1) is 42.9. The van der Waals surface area contributed by atoms with Crippen LogP contribution in [-0.2, 0) is 45.9 Å². The van der Waals surface area contributed by atoms with Crippen LogP contribution in [0.2, 0.25) is 0 Å². The minimum Gasteiger partial charge on any atom is -0.490 e. The second-order valence-electron chi connectivity index (χ2n) is 11.0. The summed E-state index contributed by atoms with van der Waals surface area (Å²) in [5.41, 5.74) is 0.710. The first-order valence-electron chi connectivity index (χ1n) is 16.5. The van der Waals surface area contributed by atoms with Crippen molar-refractivity contribution in [2.75, 3.05) is 78.7 Å². The van der Waals surface area contributed by atoms with Crippen molar-refractivity contribution >= 4 is 28.8 Å². The smallest absolute Gasteiger partial charge is 0.361 e. The summed E-state index contributed by atoms with van der Waals surface area (Å²) < 4.78 is 39.6. The molecule has 0 N–H and O–H groups in total. The molecule has 264 valence electrons. The van der Waals surface area contributed by atoms with Gasteiger partial charge < -0.3 is 23.4 Å². The predicted molar refractivity (Wildman–Crippen MR) is 178 cm³/mol. The van der Waals surface area contributed by atoms with Crippen LogP contribution in [0.1, 0.15) is 92.4 Å². The van der Waals surface area contributed by atoms with Gasteiger partial charge in [0.15, 0.2) is 6.54 Å². The van der Waals surface area contributed by atoms with E-state index in [-0.39, 0.29) is 48.6 Å². The first-order chi connectivity index (χ1) is 21.5. The number of ether oxygens (including phenoxy) is 4. The summed E-state index contributed by atoms with van der Waals surface area (Å²) in [7, 11) is -0.235. The van der Waals surface area contributed by atoms with Gasteiger partial charge in [-0.2, -0.15) is 0 Å². The zero-order valence-electron chi connectivity index (χ0n) is 29.0. The number of nitrogens with zero attached hydrogens (tertiary/aromatic N) is 1. The molecule has 0 bridgehead atoms. The molecule has 0 aliphatic carbocycles. The highest BCUT2D eigenvalue weighted by atomic mass is 32.3. The Labute approximate surface area is 274 Å². The molecule has 12 heteroatoms. The van der Waals surface area contributed by atoms with Crippen LogP contribution in [-0.4, -0.2) is 101 Å². The Hall–Kier alpha value is -2.12. The summed E-state index contributed by atoms with van der Waals surface area (Å²) in [5, 5.41) is 0. The van der Waals surface area contributed by atoms with E-state index in [9.17, 15) is 14.4 Å². The van der Waals surface area contributed by atoms with E-state index >= 15 is 0 Å². The fourth-order valence-corrected chi connectivity index (χ4v) is 6.39. The monoisotopic (exact) mass is 664 g/mol. The highest BCUT2D eigenvalue weighted by Gasteiger charge is 2.31. The summed E-state index contributed by atoms with van der Waals surface area (Å²) in [6.45, 7) is 20.6. The van der Waals surface area contributed by atoms with E-state index in [2.05, 4.69) is 13.2 Å². The summed E-state index contributed by atoms with van der Waals surface area (Å²) in [4.78, 5) is 37.0. The van der Waals surface area contributed by atoms with E-state index in [1.165, 1.54) is 0 Å². The van der Waals surface area contributed by atoms with Crippen LogP contribution < -0.4 is 0 Å². The average molecular weight is 665 g/mol. The van der Waals surface area contributed by atoms with Crippen LogP contribution in [0.5, 0.6) is 0 Å². The molecular weight excluding hydrogens is 602 g/mol. The standard InChI is InChI=1S/C33H62NO10S/c1-9-13-19-31(35)39-23-16-14-15-17-24-40-32(36)20-22-34(8,28-33(37)41-26-25-38-30(7)29(5)6)21-18-27-45(42-10-2,43-11-3)44-12-4/h5,7,9-28H2,1-4,6,8H3/q+1. The Morgan fingerprint density at radius 3 is 1.64 bits per heavy atom. The molecule has 0 saturated heterocycles. The van der Waals surface area contributed by atoms with Crippen LogP contribution in [0.15, 0.2) is 24.5 Å². The van der Waals surface area contributed by atoms with Gasteiger partial charge in [-0.25, -0.2) is 4.79 Å². The lowest BCUT2D eigenvalue weighted by Crippen LogP contribution is -2.50. The minimum atomic E-state index is -2.17. The van der Waals surface area contributed by atoms with Crippen LogP contribution >= 0.6 is 10.9 Å². The van der Waals surface area contributed by atoms with Gasteiger partial charge in [0.25, 0.3) is 0 Å². The lowest BCUT2D eigenvalue weighted by molar-refractivity contribution is -0.902. The van der Waals surface area contributed by atoms with E-state index < -0.39 is 10.9 Å². The van der Waals surface area contributed by atoms with Crippen LogP contribution in [0.25, 0.3) is 0 Å². The van der Waals surface area contributed by atoms with Gasteiger partial charge in [-0.1, -0.05) is 26.5 Å².